The summed E-state index contributed by atoms with van der Waals surface area (Å²) in [5, 5.41) is 12.6. The number of aliphatic hydroxyl groups is 1. The summed E-state index contributed by atoms with van der Waals surface area (Å²) < 4.78 is 14.2. The number of pyridine rings is 1. The molecule has 0 radical (unpaired) electrons. The number of anilines is 1. The van der Waals surface area contributed by atoms with Crippen LogP contribution in [0.2, 0.25) is 5.02 Å². The molecular formula is C27H29ClFN5O3. The number of benzene rings is 2. The summed E-state index contributed by atoms with van der Waals surface area (Å²) in [6.45, 7) is 4.33. The maximum absolute atomic E-state index is 14.2. The molecule has 194 valence electrons. The van der Waals surface area contributed by atoms with Gasteiger partial charge in [-0.25, -0.2) is 4.39 Å². The number of β-amino-alcohol motifs (C(OH)–C–C–N with tert-alkyl or cyclic N) is 1. The van der Waals surface area contributed by atoms with Gasteiger partial charge in [-0.2, -0.15) is 0 Å². The molecule has 0 spiro atoms. The number of fused-ring (bicyclic) bond motifs is 2. The van der Waals surface area contributed by atoms with Crippen LogP contribution in [-0.4, -0.2) is 89.0 Å². The van der Waals surface area contributed by atoms with E-state index in [2.05, 4.69) is 10.2 Å². The lowest BCUT2D eigenvalue weighted by molar-refractivity contribution is -0.117. The van der Waals surface area contributed by atoms with E-state index in [-0.39, 0.29) is 35.7 Å². The van der Waals surface area contributed by atoms with Crippen molar-refractivity contribution < 1.29 is 19.1 Å². The number of rotatable bonds is 6. The Morgan fingerprint density at radius 3 is 2.59 bits per heavy atom. The molecule has 2 aromatic carbocycles. The molecule has 0 unspecified atom stereocenters. The van der Waals surface area contributed by atoms with E-state index in [1.54, 1.807) is 6.07 Å². The van der Waals surface area contributed by atoms with Crippen molar-refractivity contribution in [3.8, 4) is 0 Å². The van der Waals surface area contributed by atoms with Crippen molar-refractivity contribution in [3.63, 3.8) is 0 Å². The van der Waals surface area contributed by atoms with Crippen molar-refractivity contribution in [2.75, 3.05) is 57.7 Å². The molecular weight excluding hydrogens is 497 g/mol. The molecule has 2 N–H and O–H groups in total. The maximum atomic E-state index is 14.2. The zero-order chi connectivity index (χ0) is 25.9. The van der Waals surface area contributed by atoms with Crippen LogP contribution < -0.4 is 5.32 Å². The van der Waals surface area contributed by atoms with Gasteiger partial charge in [0.2, 0.25) is 5.91 Å². The van der Waals surface area contributed by atoms with Gasteiger partial charge in [0, 0.05) is 68.9 Å². The van der Waals surface area contributed by atoms with Gasteiger partial charge in [-0.1, -0.05) is 35.9 Å². The first-order valence-corrected chi connectivity index (χ1v) is 12.8. The van der Waals surface area contributed by atoms with E-state index >= 15 is 0 Å². The van der Waals surface area contributed by atoms with Gasteiger partial charge in [0.05, 0.1) is 34.9 Å². The number of para-hydroxylation sites is 1. The number of amides is 2. The summed E-state index contributed by atoms with van der Waals surface area (Å²) in [6, 6.07) is 12.1. The van der Waals surface area contributed by atoms with Gasteiger partial charge in [0.1, 0.15) is 0 Å². The second-order valence-electron chi connectivity index (χ2n) is 9.40. The smallest absolute Gasteiger partial charge is 0.255 e. The Morgan fingerprint density at radius 1 is 1.03 bits per heavy atom. The molecule has 2 amide bonds. The zero-order valence-electron chi connectivity index (χ0n) is 20.4. The highest BCUT2D eigenvalue weighted by Crippen LogP contribution is 2.30. The molecule has 5 rings (SSSR count). The molecule has 37 heavy (non-hydrogen) atoms. The number of halogens is 2. The fourth-order valence-corrected chi connectivity index (χ4v) is 5.27. The Balaban J connectivity index is 1.38. The third-order valence-electron chi connectivity index (χ3n) is 7.01. The summed E-state index contributed by atoms with van der Waals surface area (Å²) in [7, 11) is 0. The molecule has 1 saturated heterocycles. The number of hydrogen-bond acceptors (Lipinski definition) is 6. The summed E-state index contributed by atoms with van der Waals surface area (Å²) >= 11 is 5.83. The second kappa shape index (κ2) is 11.1. The average molecular weight is 526 g/mol. The van der Waals surface area contributed by atoms with Gasteiger partial charge in [-0.3, -0.25) is 24.4 Å². The van der Waals surface area contributed by atoms with Gasteiger partial charge < -0.3 is 15.3 Å². The number of carbonyl (C=O) groups is 2. The summed E-state index contributed by atoms with van der Waals surface area (Å²) in [4.78, 5) is 37.4. The highest BCUT2D eigenvalue weighted by Gasteiger charge is 2.30. The topological polar surface area (TPSA) is 89.0 Å². The predicted molar refractivity (Wildman–Crippen MR) is 140 cm³/mol. The van der Waals surface area contributed by atoms with E-state index in [1.165, 1.54) is 12.1 Å². The summed E-state index contributed by atoms with van der Waals surface area (Å²) in [5.74, 6) is -1.05. The predicted octanol–water partition coefficient (Wildman–Crippen LogP) is 2.77. The number of aromatic nitrogens is 1. The molecule has 2 aliphatic rings. The van der Waals surface area contributed by atoms with Gasteiger partial charge in [0.25, 0.3) is 5.91 Å². The van der Waals surface area contributed by atoms with Crippen LogP contribution in [0.5, 0.6) is 0 Å². The Bertz CT molecular complexity index is 1330. The van der Waals surface area contributed by atoms with Crippen molar-refractivity contribution in [2.45, 2.75) is 13.0 Å². The van der Waals surface area contributed by atoms with Crippen LogP contribution in [0.4, 0.5) is 10.1 Å². The molecule has 0 aliphatic carbocycles. The molecule has 0 bridgehead atoms. The highest BCUT2D eigenvalue weighted by atomic mass is 35.5. The lowest BCUT2D eigenvalue weighted by Gasteiger charge is -2.36. The van der Waals surface area contributed by atoms with Gasteiger partial charge in [-0.15, -0.1) is 0 Å². The first-order chi connectivity index (χ1) is 17.9. The van der Waals surface area contributed by atoms with Crippen LogP contribution in [-0.2, 0) is 17.8 Å². The molecule has 1 aromatic heterocycles. The van der Waals surface area contributed by atoms with Crippen LogP contribution in [0.1, 0.15) is 21.6 Å². The quantitative estimate of drug-likeness (QED) is 0.514. The van der Waals surface area contributed by atoms with E-state index in [4.69, 9.17) is 16.6 Å². The standard InChI is InChI=1S/C27H29ClFN5O3/c28-20-5-3-7-23(26(20)29)31-24(36)17-33-9-8-22-19(16-33)25(18-4-1-2-6-21(18)30-22)27(37)34-12-10-32(11-13-34)14-15-35/h1-7,35H,8-17H2,(H,31,36). The molecule has 1 fully saturated rings. The minimum absolute atomic E-state index is 0.0363. The minimum atomic E-state index is -0.663. The Kier molecular flexibility index (Phi) is 7.66. The van der Waals surface area contributed by atoms with Gasteiger partial charge in [-0.05, 0) is 18.2 Å². The van der Waals surface area contributed by atoms with E-state index in [1.807, 2.05) is 34.1 Å². The molecule has 0 atom stereocenters. The van der Waals surface area contributed by atoms with Crippen molar-refractivity contribution in [3.05, 3.63) is 70.1 Å². The normalized spacial score (nSPS) is 16.6. The summed E-state index contributed by atoms with van der Waals surface area (Å²) in [5.41, 5.74) is 3.18. The van der Waals surface area contributed by atoms with Crippen LogP contribution in [0.25, 0.3) is 10.9 Å². The average Bonchev–Trinajstić information content (AvgIpc) is 2.90. The van der Waals surface area contributed by atoms with Crippen LogP contribution in [0.3, 0.4) is 0 Å². The highest BCUT2D eigenvalue weighted by molar-refractivity contribution is 6.31. The SMILES string of the molecule is O=C(CN1CCc2nc3ccccc3c(C(=O)N3CCN(CCO)CC3)c2C1)Nc1cccc(Cl)c1F. The van der Waals surface area contributed by atoms with Gasteiger partial charge >= 0.3 is 0 Å². The Morgan fingerprint density at radius 2 is 1.81 bits per heavy atom. The Labute approximate surface area is 219 Å². The number of aliphatic hydroxyl groups excluding tert-OH is 1. The van der Waals surface area contributed by atoms with Crippen molar-refractivity contribution in [1.82, 2.24) is 19.7 Å². The fourth-order valence-electron chi connectivity index (χ4n) is 5.09. The lowest BCUT2D eigenvalue weighted by Crippen LogP contribution is -2.49. The first-order valence-electron chi connectivity index (χ1n) is 12.4. The van der Waals surface area contributed by atoms with E-state index in [9.17, 15) is 19.1 Å². The molecule has 10 heteroatoms. The largest absolute Gasteiger partial charge is 0.395 e. The van der Waals surface area contributed by atoms with Crippen LogP contribution in [0, 0.1) is 5.82 Å². The molecule has 0 saturated carbocycles. The molecule has 3 heterocycles. The molecule has 3 aromatic rings. The Hall–Kier alpha value is -3.11. The van der Waals surface area contributed by atoms with E-state index < -0.39 is 5.82 Å². The fraction of sp³-hybridized carbons (Fsp3) is 0.370. The maximum Gasteiger partial charge on any atom is 0.255 e. The monoisotopic (exact) mass is 525 g/mol. The molecule has 2 aliphatic heterocycles. The summed E-state index contributed by atoms with van der Waals surface area (Å²) in [6.07, 6.45) is 0.601. The second-order valence-corrected chi connectivity index (χ2v) is 9.80. The minimum Gasteiger partial charge on any atom is -0.395 e. The third kappa shape index (κ3) is 5.45. The zero-order valence-corrected chi connectivity index (χ0v) is 21.2. The first kappa shape index (κ1) is 25.5. The lowest BCUT2D eigenvalue weighted by atomic mass is 9.94. The van der Waals surface area contributed by atoms with E-state index in [0.717, 1.165) is 22.2 Å². The van der Waals surface area contributed by atoms with Crippen molar-refractivity contribution in [2.24, 2.45) is 0 Å². The number of hydrogen-bond donors (Lipinski definition) is 2. The van der Waals surface area contributed by atoms with Crippen molar-refractivity contribution in [1.29, 1.82) is 0 Å². The number of nitrogens with zero attached hydrogens (tertiary/aromatic N) is 4. The molecule has 8 nitrogen and oxygen atoms in total. The number of carbonyl (C=O) groups excluding carboxylic acids is 2. The third-order valence-corrected chi connectivity index (χ3v) is 7.30. The number of nitrogens with one attached hydrogen (secondary N) is 1. The number of piperazine rings is 1. The van der Waals surface area contributed by atoms with Crippen LogP contribution >= 0.6 is 11.6 Å². The van der Waals surface area contributed by atoms with Crippen LogP contribution in [0.15, 0.2) is 42.5 Å². The van der Waals surface area contributed by atoms with E-state index in [0.29, 0.717) is 57.8 Å². The van der Waals surface area contributed by atoms with Crippen molar-refractivity contribution >= 4 is 40.0 Å². The van der Waals surface area contributed by atoms with Gasteiger partial charge in [0.15, 0.2) is 5.82 Å².